The molecule has 2 amide bonds. The first-order valence-electron chi connectivity index (χ1n) is 10.7. The molecule has 1 aliphatic rings. The molecule has 1 unspecified atom stereocenters. The number of carbonyl (C=O) groups is 2. The number of thioether (sulfide) groups is 1. The van der Waals surface area contributed by atoms with E-state index in [-0.39, 0.29) is 11.7 Å². The highest BCUT2D eigenvalue weighted by Crippen LogP contribution is 2.39. The van der Waals surface area contributed by atoms with Gasteiger partial charge in [0.15, 0.2) is 11.0 Å². The number of nitrogens with two attached hydrogens (primary N) is 1. The van der Waals surface area contributed by atoms with Crippen molar-refractivity contribution in [1.29, 1.82) is 0 Å². The van der Waals surface area contributed by atoms with Gasteiger partial charge in [-0.3, -0.25) is 9.59 Å². The Balaban J connectivity index is 1.48. The van der Waals surface area contributed by atoms with Crippen LogP contribution in [0.2, 0.25) is 0 Å². The molecular weight excluding hydrogens is 462 g/mol. The molecule has 3 aromatic heterocycles. The highest BCUT2D eigenvalue weighted by atomic mass is 32.2. The molecule has 3 heterocycles. The van der Waals surface area contributed by atoms with E-state index in [0.29, 0.717) is 16.5 Å². The molecule has 0 saturated carbocycles. The molecule has 0 aromatic carbocycles. The minimum absolute atomic E-state index is 0.178. The van der Waals surface area contributed by atoms with E-state index in [2.05, 4.69) is 52.3 Å². The van der Waals surface area contributed by atoms with Gasteiger partial charge in [-0.2, -0.15) is 0 Å². The number of rotatable bonds is 8. The number of thiophene rings is 2. The molecule has 3 N–H and O–H groups in total. The zero-order valence-corrected chi connectivity index (χ0v) is 20.9. The van der Waals surface area contributed by atoms with Gasteiger partial charge in [-0.15, -0.1) is 32.9 Å². The van der Waals surface area contributed by atoms with Crippen molar-refractivity contribution in [2.24, 2.45) is 11.7 Å². The largest absolute Gasteiger partial charge is 0.365 e. The Morgan fingerprint density at radius 1 is 1.38 bits per heavy atom. The van der Waals surface area contributed by atoms with Gasteiger partial charge >= 0.3 is 0 Å². The molecule has 1 atom stereocenters. The summed E-state index contributed by atoms with van der Waals surface area (Å²) in [4.78, 5) is 27.2. The van der Waals surface area contributed by atoms with E-state index in [1.54, 1.807) is 11.3 Å². The number of amides is 2. The van der Waals surface area contributed by atoms with Gasteiger partial charge in [-0.25, -0.2) is 0 Å². The molecule has 0 radical (unpaired) electrons. The second kappa shape index (κ2) is 9.76. The lowest BCUT2D eigenvalue weighted by molar-refractivity contribution is -0.113. The van der Waals surface area contributed by atoms with E-state index < -0.39 is 5.91 Å². The summed E-state index contributed by atoms with van der Waals surface area (Å²) in [6.45, 7) is 7.16. The third-order valence-electron chi connectivity index (χ3n) is 5.50. The van der Waals surface area contributed by atoms with Crippen LogP contribution in [0.4, 0.5) is 5.00 Å². The first kappa shape index (κ1) is 23.0. The first-order chi connectivity index (χ1) is 15.4. The average Bonchev–Trinajstić information content (AvgIpc) is 3.43. The van der Waals surface area contributed by atoms with Crippen LogP contribution in [0.25, 0.3) is 11.4 Å². The second-order valence-electron chi connectivity index (χ2n) is 8.16. The molecule has 1 aliphatic carbocycles. The van der Waals surface area contributed by atoms with Gasteiger partial charge in [0.1, 0.15) is 5.00 Å². The number of nitrogens with one attached hydrogen (secondary N) is 1. The van der Waals surface area contributed by atoms with Gasteiger partial charge in [0, 0.05) is 27.2 Å². The Labute approximate surface area is 199 Å². The molecule has 10 heteroatoms. The standard InChI is InChI=1S/C22H27N5O2S3/c1-4-7-27-20(14-9-13(3)30-10-14)25-26-22(27)31-11-17(28)24-21-18(19(23)29)15-6-5-12(2)8-16(15)32-21/h9-10,12H,4-8,11H2,1-3H3,(H2,23,29)(H,24,28). The highest BCUT2D eigenvalue weighted by Gasteiger charge is 2.27. The minimum atomic E-state index is -0.474. The fourth-order valence-electron chi connectivity index (χ4n) is 3.99. The Bertz CT molecular complexity index is 1150. The van der Waals surface area contributed by atoms with Crippen molar-refractivity contribution in [3.63, 3.8) is 0 Å². The summed E-state index contributed by atoms with van der Waals surface area (Å²) in [5.41, 5.74) is 8.21. The number of carbonyl (C=O) groups excluding carboxylic acids is 2. The Morgan fingerprint density at radius 2 is 2.19 bits per heavy atom. The van der Waals surface area contributed by atoms with E-state index in [1.807, 2.05) is 0 Å². The van der Waals surface area contributed by atoms with E-state index in [4.69, 9.17) is 5.73 Å². The number of aryl methyl sites for hydroxylation is 1. The van der Waals surface area contributed by atoms with Crippen LogP contribution in [0.15, 0.2) is 16.6 Å². The smallest absolute Gasteiger partial charge is 0.251 e. The van der Waals surface area contributed by atoms with Crippen LogP contribution < -0.4 is 11.1 Å². The number of anilines is 1. The Hall–Kier alpha value is -2.17. The van der Waals surface area contributed by atoms with E-state index in [9.17, 15) is 9.59 Å². The van der Waals surface area contributed by atoms with Crippen LogP contribution in [-0.2, 0) is 24.2 Å². The van der Waals surface area contributed by atoms with Crippen molar-refractivity contribution in [3.8, 4) is 11.4 Å². The zero-order chi connectivity index (χ0) is 22.8. The van der Waals surface area contributed by atoms with E-state index in [1.165, 1.54) is 32.9 Å². The molecule has 0 saturated heterocycles. The van der Waals surface area contributed by atoms with Gasteiger partial charge in [0.25, 0.3) is 5.91 Å². The van der Waals surface area contributed by atoms with Gasteiger partial charge < -0.3 is 15.6 Å². The molecule has 3 aromatic rings. The second-order valence-corrected chi connectivity index (χ2v) is 11.3. The van der Waals surface area contributed by atoms with Gasteiger partial charge in [-0.1, -0.05) is 25.6 Å². The fraction of sp³-hybridized carbons (Fsp3) is 0.455. The topological polar surface area (TPSA) is 103 Å². The van der Waals surface area contributed by atoms with Gasteiger partial charge in [-0.05, 0) is 50.2 Å². The fourth-order valence-corrected chi connectivity index (χ4v) is 6.87. The maximum Gasteiger partial charge on any atom is 0.251 e. The van der Waals surface area contributed by atoms with Crippen molar-refractivity contribution in [2.45, 2.75) is 58.2 Å². The van der Waals surface area contributed by atoms with Crippen molar-refractivity contribution in [2.75, 3.05) is 11.1 Å². The van der Waals surface area contributed by atoms with Crippen molar-refractivity contribution < 1.29 is 9.59 Å². The van der Waals surface area contributed by atoms with Crippen molar-refractivity contribution >= 4 is 51.3 Å². The summed E-state index contributed by atoms with van der Waals surface area (Å²) in [7, 11) is 0. The number of nitrogens with zero attached hydrogens (tertiary/aromatic N) is 3. The summed E-state index contributed by atoms with van der Waals surface area (Å²) in [5, 5.41) is 15.0. The Morgan fingerprint density at radius 3 is 2.88 bits per heavy atom. The SMILES string of the molecule is CCCn1c(SCC(=O)Nc2sc3c(c2C(N)=O)CCC(C)C3)nnc1-c1csc(C)c1. The maximum absolute atomic E-state index is 12.8. The van der Waals surface area contributed by atoms with E-state index >= 15 is 0 Å². The molecule has 0 spiro atoms. The average molecular weight is 490 g/mol. The van der Waals surface area contributed by atoms with E-state index in [0.717, 1.165) is 54.3 Å². The van der Waals surface area contributed by atoms with Crippen LogP contribution in [0.1, 0.15) is 52.4 Å². The molecule has 4 rings (SSSR count). The summed E-state index contributed by atoms with van der Waals surface area (Å²) < 4.78 is 2.07. The number of primary amides is 1. The number of hydrogen-bond donors (Lipinski definition) is 2. The minimum Gasteiger partial charge on any atom is -0.365 e. The number of fused-ring (bicyclic) bond motifs is 1. The molecule has 7 nitrogen and oxygen atoms in total. The van der Waals surface area contributed by atoms with Gasteiger partial charge in [0.2, 0.25) is 5.91 Å². The lowest BCUT2D eigenvalue weighted by atomic mass is 9.88. The molecule has 0 fully saturated rings. The van der Waals surface area contributed by atoms with Crippen LogP contribution in [-0.4, -0.2) is 32.3 Å². The van der Waals surface area contributed by atoms with Gasteiger partial charge in [0.05, 0.1) is 11.3 Å². The quantitative estimate of drug-likeness (QED) is 0.445. The number of hydrogen-bond acceptors (Lipinski definition) is 7. The van der Waals surface area contributed by atoms with Crippen molar-refractivity contribution in [3.05, 3.63) is 32.3 Å². The molecule has 32 heavy (non-hydrogen) atoms. The highest BCUT2D eigenvalue weighted by molar-refractivity contribution is 7.99. The van der Waals surface area contributed by atoms with Crippen LogP contribution >= 0.6 is 34.4 Å². The normalized spacial score (nSPS) is 15.5. The van der Waals surface area contributed by atoms with Crippen LogP contribution in [0, 0.1) is 12.8 Å². The first-order valence-corrected chi connectivity index (χ1v) is 13.4. The predicted molar refractivity (Wildman–Crippen MR) is 132 cm³/mol. The molecule has 0 aliphatic heterocycles. The van der Waals surface area contributed by atoms with Crippen LogP contribution in [0.3, 0.4) is 0 Å². The summed E-state index contributed by atoms with van der Waals surface area (Å²) in [6.07, 6.45) is 3.73. The Kier molecular flexibility index (Phi) is 7.02. The predicted octanol–water partition coefficient (Wildman–Crippen LogP) is 4.74. The molecule has 170 valence electrons. The lowest BCUT2D eigenvalue weighted by Gasteiger charge is -2.18. The van der Waals surface area contributed by atoms with Crippen LogP contribution in [0.5, 0.6) is 0 Å². The monoisotopic (exact) mass is 489 g/mol. The van der Waals surface area contributed by atoms with Crippen molar-refractivity contribution in [1.82, 2.24) is 14.8 Å². The third-order valence-corrected chi connectivity index (χ3v) is 8.49. The number of aromatic nitrogens is 3. The third kappa shape index (κ3) is 4.77. The lowest BCUT2D eigenvalue weighted by Crippen LogP contribution is -2.20. The maximum atomic E-state index is 12.8. The summed E-state index contributed by atoms with van der Waals surface area (Å²) >= 11 is 4.52. The summed E-state index contributed by atoms with van der Waals surface area (Å²) in [6, 6.07) is 2.10. The molecule has 0 bridgehead atoms. The molecular formula is C22H27N5O2S3. The zero-order valence-electron chi connectivity index (χ0n) is 18.4. The summed E-state index contributed by atoms with van der Waals surface area (Å²) in [5.74, 6) is 0.936.